The van der Waals surface area contributed by atoms with Crippen molar-refractivity contribution < 1.29 is 0 Å². The lowest BCUT2D eigenvalue weighted by molar-refractivity contribution is 0.633. The largest absolute Gasteiger partial charge is 0.309 e. The molecule has 13 rings (SSSR count). The molecule has 0 amide bonds. The highest BCUT2D eigenvalue weighted by Gasteiger charge is 2.59. The van der Waals surface area contributed by atoms with Gasteiger partial charge in [0.05, 0.1) is 22.2 Å². The van der Waals surface area contributed by atoms with E-state index in [0.29, 0.717) is 0 Å². The Kier molecular flexibility index (Phi) is 6.71. The predicted molar refractivity (Wildman–Crippen MR) is 247 cm³/mol. The Balaban J connectivity index is 1.15. The van der Waals surface area contributed by atoms with E-state index >= 15 is 0 Å². The summed E-state index contributed by atoms with van der Waals surface area (Å²) in [4.78, 5) is 2.55. The average molecular weight is 764 g/mol. The highest BCUT2D eigenvalue weighted by Crippen LogP contribution is 2.68. The lowest BCUT2D eigenvalue weighted by atomic mass is 9.52. The quantitative estimate of drug-likeness (QED) is 0.173. The monoisotopic (exact) mass is 763 g/mol. The number of hydrogen-bond donors (Lipinski definition) is 0. The Morgan fingerprint density at radius 3 is 1.12 bits per heavy atom. The molecule has 4 aliphatic rings. The zero-order valence-corrected chi connectivity index (χ0v) is 33.7. The molecule has 0 radical (unpaired) electrons. The molecule has 0 unspecified atom stereocenters. The second-order valence-electron chi connectivity index (χ2n) is 17.5. The zero-order valence-electron chi connectivity index (χ0n) is 33.7. The number of anilines is 3. The number of nitrogens with zero attached hydrogens (tertiary/aromatic N) is 1. The van der Waals surface area contributed by atoms with Crippen LogP contribution in [0.5, 0.6) is 0 Å². The zero-order chi connectivity index (χ0) is 39.8. The van der Waals surface area contributed by atoms with Crippen molar-refractivity contribution in [3.8, 4) is 33.4 Å². The van der Waals surface area contributed by atoms with Gasteiger partial charge >= 0.3 is 0 Å². The Bertz CT molecular complexity index is 3160. The van der Waals surface area contributed by atoms with Gasteiger partial charge in [-0.05, 0) is 102 Å². The molecule has 9 aromatic carbocycles. The van der Waals surface area contributed by atoms with Gasteiger partial charge < -0.3 is 4.90 Å². The van der Waals surface area contributed by atoms with Crippen LogP contribution in [-0.4, -0.2) is 0 Å². The number of fused-ring (bicyclic) bond motifs is 19. The van der Waals surface area contributed by atoms with Crippen molar-refractivity contribution in [1.82, 2.24) is 0 Å². The molecule has 2 spiro atoms. The molecule has 0 aromatic heterocycles. The van der Waals surface area contributed by atoms with Gasteiger partial charge in [-0.15, -0.1) is 0 Å². The minimum atomic E-state index is -0.567. The molecule has 282 valence electrons. The van der Waals surface area contributed by atoms with Crippen LogP contribution in [0.15, 0.2) is 212 Å². The molecule has 4 aliphatic carbocycles. The van der Waals surface area contributed by atoms with Crippen LogP contribution in [0.3, 0.4) is 0 Å². The van der Waals surface area contributed by atoms with E-state index in [4.69, 9.17) is 0 Å². The van der Waals surface area contributed by atoms with Crippen LogP contribution < -0.4 is 4.90 Å². The lowest BCUT2D eigenvalue weighted by Crippen LogP contribution is -2.43. The van der Waals surface area contributed by atoms with Crippen molar-refractivity contribution in [3.63, 3.8) is 0 Å². The first-order valence-corrected chi connectivity index (χ1v) is 21.3. The molecule has 60 heavy (non-hydrogen) atoms. The van der Waals surface area contributed by atoms with Crippen molar-refractivity contribution in [3.05, 3.63) is 268 Å². The molecular weight excluding hydrogens is 723 g/mol. The van der Waals surface area contributed by atoms with Gasteiger partial charge in [0.15, 0.2) is 0 Å². The average Bonchev–Trinajstić information content (AvgIpc) is 3.87. The van der Waals surface area contributed by atoms with Crippen molar-refractivity contribution in [2.24, 2.45) is 0 Å². The molecule has 0 saturated heterocycles. The van der Waals surface area contributed by atoms with Gasteiger partial charge in [0.25, 0.3) is 0 Å². The molecule has 1 heteroatoms. The van der Waals surface area contributed by atoms with E-state index in [1.165, 1.54) is 100 Å². The lowest BCUT2D eigenvalue weighted by Gasteiger charge is -2.48. The van der Waals surface area contributed by atoms with Crippen LogP contribution in [-0.2, 0) is 16.2 Å². The normalized spacial score (nSPS) is 15.6. The minimum absolute atomic E-state index is 0.122. The van der Waals surface area contributed by atoms with Crippen LogP contribution in [0.2, 0.25) is 0 Å². The number of hydrogen-bond acceptors (Lipinski definition) is 1. The van der Waals surface area contributed by atoms with Crippen molar-refractivity contribution in [1.29, 1.82) is 0 Å². The Labute approximate surface area is 351 Å². The van der Waals surface area contributed by atoms with Crippen LogP contribution >= 0.6 is 0 Å². The molecule has 1 nitrogen and oxygen atoms in total. The molecule has 0 heterocycles. The van der Waals surface area contributed by atoms with Crippen LogP contribution in [0.1, 0.15) is 69.5 Å². The van der Waals surface area contributed by atoms with E-state index in [9.17, 15) is 0 Å². The molecule has 0 bridgehead atoms. The molecule has 0 fully saturated rings. The second kappa shape index (κ2) is 11.9. The van der Waals surface area contributed by atoms with E-state index in [0.717, 1.165) is 5.69 Å². The second-order valence-corrected chi connectivity index (χ2v) is 17.5. The number of benzene rings is 9. The van der Waals surface area contributed by atoms with E-state index in [-0.39, 0.29) is 5.41 Å². The fraction of sp³-hybridized carbons (Fsp3) is 0.0847. The summed E-state index contributed by atoms with van der Waals surface area (Å²) in [7, 11) is 0. The molecule has 0 saturated carbocycles. The van der Waals surface area contributed by atoms with Gasteiger partial charge in [-0.1, -0.05) is 202 Å². The highest BCUT2D eigenvalue weighted by atomic mass is 15.1. The van der Waals surface area contributed by atoms with E-state index in [1.807, 2.05) is 0 Å². The minimum Gasteiger partial charge on any atom is -0.309 e. The predicted octanol–water partition coefficient (Wildman–Crippen LogP) is 14.5. The van der Waals surface area contributed by atoms with Crippen molar-refractivity contribution in [2.75, 3.05) is 4.90 Å². The van der Waals surface area contributed by atoms with Gasteiger partial charge in [-0.3, -0.25) is 0 Å². The van der Waals surface area contributed by atoms with Gasteiger partial charge in [0.1, 0.15) is 0 Å². The molecule has 0 atom stereocenters. The smallest absolute Gasteiger partial charge is 0.0720 e. The Morgan fingerprint density at radius 1 is 0.267 bits per heavy atom. The maximum absolute atomic E-state index is 2.55. The van der Waals surface area contributed by atoms with E-state index in [2.05, 4.69) is 231 Å². The summed E-state index contributed by atoms with van der Waals surface area (Å²) in [5, 5.41) is 0. The summed E-state index contributed by atoms with van der Waals surface area (Å²) < 4.78 is 0. The fourth-order valence-electron chi connectivity index (χ4n) is 12.4. The number of rotatable bonds is 3. The molecule has 0 aliphatic heterocycles. The van der Waals surface area contributed by atoms with Gasteiger partial charge in [0.2, 0.25) is 0 Å². The summed E-state index contributed by atoms with van der Waals surface area (Å²) in [5.41, 5.74) is 23.7. The Hall–Kier alpha value is -7.22. The fourth-order valence-corrected chi connectivity index (χ4v) is 12.4. The van der Waals surface area contributed by atoms with Crippen LogP contribution in [0.4, 0.5) is 17.1 Å². The third-order valence-electron chi connectivity index (χ3n) is 14.6. The van der Waals surface area contributed by atoms with Gasteiger partial charge in [-0.25, -0.2) is 0 Å². The van der Waals surface area contributed by atoms with Crippen molar-refractivity contribution >= 4 is 17.1 Å². The molecule has 9 aromatic rings. The van der Waals surface area contributed by atoms with E-state index in [1.54, 1.807) is 0 Å². The van der Waals surface area contributed by atoms with E-state index < -0.39 is 10.8 Å². The SMILES string of the molecule is CC1(C)c2ccccc2-c2c(N(c3ccccc3)c3cccc4c3-c3ccccc3C43c4ccccc4C4(c5ccccc5-c5ccccc54)c4ccccc43)cccc21. The standard InChI is InChI=1S/C59H41N/c1-57(2)43-26-10-8-24-41(43)55-51(57)34-18-36-53(55)60(38-20-4-3-5-21-38)54-37-19-35-52-56(54)42-25-9-13-29-46(42)59(52)49-32-16-14-30-47(49)58(48-31-15-17-33-50(48)59)44-27-11-6-22-39(44)40-23-7-12-28-45(40)58/h3-37H,1-2H3. The van der Waals surface area contributed by atoms with Crippen LogP contribution in [0.25, 0.3) is 33.4 Å². The van der Waals surface area contributed by atoms with Gasteiger partial charge in [0, 0.05) is 22.2 Å². The highest BCUT2D eigenvalue weighted by molar-refractivity contribution is 6.02. The maximum Gasteiger partial charge on any atom is 0.0720 e. The van der Waals surface area contributed by atoms with Crippen molar-refractivity contribution in [2.45, 2.75) is 30.1 Å². The molecule has 0 N–H and O–H groups in total. The molecular formula is C59H41N. The van der Waals surface area contributed by atoms with Gasteiger partial charge in [-0.2, -0.15) is 0 Å². The first-order chi connectivity index (χ1) is 29.6. The van der Waals surface area contributed by atoms with Crippen LogP contribution in [0, 0.1) is 0 Å². The summed E-state index contributed by atoms with van der Waals surface area (Å²) in [6.45, 7) is 4.75. The summed E-state index contributed by atoms with van der Waals surface area (Å²) in [5.74, 6) is 0. The maximum atomic E-state index is 2.55. The third-order valence-corrected chi connectivity index (χ3v) is 14.6. The summed E-state index contributed by atoms with van der Waals surface area (Å²) >= 11 is 0. The Morgan fingerprint density at radius 2 is 0.600 bits per heavy atom. The topological polar surface area (TPSA) is 3.24 Å². The summed E-state index contributed by atoms with van der Waals surface area (Å²) in [6, 6.07) is 80.4. The first-order valence-electron chi connectivity index (χ1n) is 21.3. The summed E-state index contributed by atoms with van der Waals surface area (Å²) in [6.07, 6.45) is 0. The first kappa shape index (κ1) is 33.7. The number of para-hydroxylation sites is 1. The third kappa shape index (κ3) is 3.94.